The van der Waals surface area contributed by atoms with Gasteiger partial charge in [0.05, 0.1) is 22.2 Å². The number of aromatic amines is 2. The molecule has 3 aliphatic rings. The molecule has 2 bridgehead atoms. The van der Waals surface area contributed by atoms with Crippen LogP contribution in [0, 0.1) is 5.92 Å². The van der Waals surface area contributed by atoms with E-state index in [-0.39, 0.29) is 11.6 Å². The molecular formula is C30H28N6O2. The third kappa shape index (κ3) is 3.85. The molecule has 8 heteroatoms. The number of fused-ring (bicyclic) bond motifs is 5. The number of nitrogens with zero attached hydrogens (tertiary/aromatic N) is 2. The lowest BCUT2D eigenvalue weighted by atomic mass is 9.83. The molecule has 1 amide bonds. The van der Waals surface area contributed by atoms with Gasteiger partial charge in [0.25, 0.3) is 5.56 Å². The first-order valence-corrected chi connectivity index (χ1v) is 13.1. The summed E-state index contributed by atoms with van der Waals surface area (Å²) in [6, 6.07) is 21.3. The van der Waals surface area contributed by atoms with E-state index in [1.807, 2.05) is 48.5 Å². The van der Waals surface area contributed by atoms with Crippen molar-refractivity contribution in [3.63, 3.8) is 0 Å². The zero-order chi connectivity index (χ0) is 25.8. The molecule has 190 valence electrons. The number of pyridine rings is 1. The molecule has 38 heavy (non-hydrogen) atoms. The summed E-state index contributed by atoms with van der Waals surface area (Å²) < 4.78 is 0. The van der Waals surface area contributed by atoms with Crippen LogP contribution in [0.2, 0.25) is 0 Å². The van der Waals surface area contributed by atoms with E-state index >= 15 is 0 Å². The monoisotopic (exact) mass is 504 g/mol. The minimum absolute atomic E-state index is 0.193. The number of aromatic nitrogens is 3. The van der Waals surface area contributed by atoms with Crippen molar-refractivity contribution in [1.29, 1.82) is 0 Å². The summed E-state index contributed by atoms with van der Waals surface area (Å²) in [6.45, 7) is 3.27. The van der Waals surface area contributed by atoms with Gasteiger partial charge in [0, 0.05) is 23.5 Å². The molecule has 5 heterocycles. The van der Waals surface area contributed by atoms with Gasteiger partial charge in [0.15, 0.2) is 0 Å². The standard InChI is InChI=1S/C30H28N6O2/c31-28(37)19-7-5-17(6-8-19)20-9-10-21-24(15-20)35-30(38)26(29-33-22-3-1-2-4-23(22)34-29)27(21)32-25-16-36-13-11-18(25)12-14-36/h1-10,15,18,25H,11-14,16H2,(H2,31,37)(H,33,34)(H2,32,35,38)/t25-/m1/s1. The quantitative estimate of drug-likeness (QED) is 0.284. The smallest absolute Gasteiger partial charge is 0.261 e. The van der Waals surface area contributed by atoms with E-state index in [4.69, 9.17) is 10.7 Å². The number of imidazole rings is 1. The van der Waals surface area contributed by atoms with Gasteiger partial charge in [0.1, 0.15) is 11.4 Å². The van der Waals surface area contributed by atoms with Crippen molar-refractivity contribution in [2.75, 3.05) is 25.0 Å². The summed E-state index contributed by atoms with van der Waals surface area (Å²) in [7, 11) is 0. The largest absolute Gasteiger partial charge is 0.379 e. The van der Waals surface area contributed by atoms with Crippen molar-refractivity contribution >= 4 is 33.5 Å². The molecule has 0 unspecified atom stereocenters. The summed E-state index contributed by atoms with van der Waals surface area (Å²) >= 11 is 0. The Balaban J connectivity index is 1.38. The lowest BCUT2D eigenvalue weighted by Gasteiger charge is -2.45. The molecule has 8 nitrogen and oxygen atoms in total. The zero-order valence-electron chi connectivity index (χ0n) is 20.8. The summed E-state index contributed by atoms with van der Waals surface area (Å²) in [5.74, 6) is 0.686. The Morgan fingerprint density at radius 3 is 2.42 bits per heavy atom. The molecule has 0 saturated carbocycles. The van der Waals surface area contributed by atoms with Crippen LogP contribution in [0.1, 0.15) is 23.2 Å². The van der Waals surface area contributed by atoms with E-state index in [9.17, 15) is 9.59 Å². The maximum atomic E-state index is 13.7. The first-order valence-electron chi connectivity index (χ1n) is 13.1. The molecule has 0 radical (unpaired) electrons. The lowest BCUT2D eigenvalue weighted by molar-refractivity contribution is 0.0976. The Bertz CT molecular complexity index is 1710. The lowest BCUT2D eigenvalue weighted by Crippen LogP contribution is -2.53. The molecule has 5 N–H and O–H groups in total. The van der Waals surface area contributed by atoms with E-state index in [0.717, 1.165) is 58.4 Å². The van der Waals surface area contributed by atoms with Gasteiger partial charge in [-0.15, -0.1) is 0 Å². The molecule has 0 spiro atoms. The molecule has 3 aliphatic heterocycles. The van der Waals surface area contributed by atoms with Crippen molar-refractivity contribution in [2.24, 2.45) is 11.7 Å². The number of amides is 1. The van der Waals surface area contributed by atoms with Crippen molar-refractivity contribution in [3.8, 4) is 22.5 Å². The maximum absolute atomic E-state index is 13.7. The Morgan fingerprint density at radius 2 is 1.71 bits per heavy atom. The number of rotatable bonds is 5. The van der Waals surface area contributed by atoms with Gasteiger partial charge >= 0.3 is 0 Å². The molecule has 3 fully saturated rings. The highest BCUT2D eigenvalue weighted by atomic mass is 16.1. The zero-order valence-corrected chi connectivity index (χ0v) is 20.8. The van der Waals surface area contributed by atoms with E-state index in [1.165, 1.54) is 12.8 Å². The van der Waals surface area contributed by atoms with Gasteiger partial charge < -0.3 is 25.9 Å². The van der Waals surface area contributed by atoms with Crippen LogP contribution in [0.4, 0.5) is 5.69 Å². The second kappa shape index (κ2) is 8.85. The number of carbonyl (C=O) groups excluding carboxylic acids is 1. The van der Waals surface area contributed by atoms with E-state index < -0.39 is 5.91 Å². The number of hydrogen-bond donors (Lipinski definition) is 4. The average molecular weight is 505 g/mol. The number of nitrogens with one attached hydrogen (secondary N) is 3. The Labute approximate surface area is 218 Å². The number of nitrogens with two attached hydrogens (primary N) is 1. The van der Waals surface area contributed by atoms with Gasteiger partial charge in [0.2, 0.25) is 5.91 Å². The van der Waals surface area contributed by atoms with Gasteiger partial charge in [-0.2, -0.15) is 0 Å². The molecular weight excluding hydrogens is 476 g/mol. The molecule has 5 aromatic rings. The van der Waals surface area contributed by atoms with Crippen LogP contribution < -0.4 is 16.6 Å². The number of carbonyl (C=O) groups is 1. The predicted molar refractivity (Wildman–Crippen MR) is 150 cm³/mol. The summed E-state index contributed by atoms with van der Waals surface area (Å²) in [6.07, 6.45) is 2.34. The molecule has 3 aromatic carbocycles. The molecule has 0 aliphatic carbocycles. The Kier molecular flexibility index (Phi) is 5.30. The third-order valence-corrected chi connectivity index (χ3v) is 8.13. The third-order valence-electron chi connectivity index (χ3n) is 8.13. The highest BCUT2D eigenvalue weighted by molar-refractivity contribution is 6.01. The topological polar surface area (TPSA) is 120 Å². The fourth-order valence-corrected chi connectivity index (χ4v) is 6.07. The SMILES string of the molecule is NC(=O)c1ccc(-c2ccc3c(N[C@@H]4CN5CCC4CC5)c(-c4nc5ccccc5[nH]4)c(=O)[nH]c3c2)cc1. The highest BCUT2D eigenvalue weighted by Crippen LogP contribution is 2.36. The van der Waals surface area contributed by atoms with Crippen LogP contribution in [0.5, 0.6) is 0 Å². The number of para-hydroxylation sites is 2. The van der Waals surface area contributed by atoms with E-state index in [1.54, 1.807) is 12.1 Å². The van der Waals surface area contributed by atoms with E-state index in [2.05, 4.69) is 26.3 Å². The first-order chi connectivity index (χ1) is 18.5. The van der Waals surface area contributed by atoms with Gasteiger partial charge in [-0.3, -0.25) is 9.59 Å². The van der Waals surface area contributed by atoms with Crippen LogP contribution >= 0.6 is 0 Å². The van der Waals surface area contributed by atoms with Gasteiger partial charge in [-0.1, -0.05) is 36.4 Å². The fourth-order valence-electron chi connectivity index (χ4n) is 6.07. The van der Waals surface area contributed by atoms with Crippen LogP contribution in [-0.2, 0) is 0 Å². The number of primary amides is 1. The van der Waals surface area contributed by atoms with Crippen LogP contribution in [0.15, 0.2) is 71.5 Å². The summed E-state index contributed by atoms with van der Waals surface area (Å²) in [4.78, 5) is 38.9. The first kappa shape index (κ1) is 22.7. The number of piperidine rings is 3. The van der Waals surface area contributed by atoms with Crippen LogP contribution in [-0.4, -0.2) is 51.4 Å². The number of anilines is 1. The van der Waals surface area contributed by atoms with Crippen LogP contribution in [0.3, 0.4) is 0 Å². The molecule has 1 atom stereocenters. The minimum Gasteiger partial charge on any atom is -0.379 e. The summed E-state index contributed by atoms with van der Waals surface area (Å²) in [5, 5.41) is 4.75. The van der Waals surface area contributed by atoms with Gasteiger partial charge in [-0.25, -0.2) is 4.98 Å². The van der Waals surface area contributed by atoms with Crippen molar-refractivity contribution in [3.05, 3.63) is 82.6 Å². The van der Waals surface area contributed by atoms with Crippen molar-refractivity contribution in [1.82, 2.24) is 19.9 Å². The van der Waals surface area contributed by atoms with Crippen molar-refractivity contribution < 1.29 is 4.79 Å². The Morgan fingerprint density at radius 1 is 0.947 bits per heavy atom. The average Bonchev–Trinajstić information content (AvgIpc) is 3.37. The summed E-state index contributed by atoms with van der Waals surface area (Å²) in [5.41, 5.74) is 11.4. The molecule has 8 rings (SSSR count). The Hall–Kier alpha value is -4.43. The minimum atomic E-state index is -0.457. The number of H-pyrrole nitrogens is 2. The van der Waals surface area contributed by atoms with Gasteiger partial charge in [-0.05, 0) is 73.3 Å². The fraction of sp³-hybridized carbons (Fsp3) is 0.233. The molecule has 3 saturated heterocycles. The normalized spacial score (nSPS) is 20.7. The van der Waals surface area contributed by atoms with Crippen LogP contribution in [0.25, 0.3) is 44.5 Å². The van der Waals surface area contributed by atoms with E-state index in [0.29, 0.717) is 22.9 Å². The second-order valence-electron chi connectivity index (χ2n) is 10.4. The number of hydrogen-bond acceptors (Lipinski definition) is 5. The second-order valence-corrected chi connectivity index (χ2v) is 10.4. The van der Waals surface area contributed by atoms with Crippen molar-refractivity contribution in [2.45, 2.75) is 18.9 Å². The highest BCUT2D eigenvalue weighted by Gasteiger charge is 2.35. The maximum Gasteiger partial charge on any atom is 0.261 e. The predicted octanol–water partition coefficient (Wildman–Crippen LogP) is 4.34. The number of benzene rings is 3. The molecule has 2 aromatic heterocycles.